The largest absolute Gasteiger partial charge is 0.477 e. The van der Waals surface area contributed by atoms with Crippen molar-refractivity contribution in [3.63, 3.8) is 0 Å². The minimum Gasteiger partial charge on any atom is -0.477 e. The van der Waals surface area contributed by atoms with E-state index in [9.17, 15) is 19.5 Å². The van der Waals surface area contributed by atoms with Crippen LogP contribution in [0.5, 0.6) is 0 Å². The summed E-state index contributed by atoms with van der Waals surface area (Å²) in [5.41, 5.74) is 8.78. The number of carbonyl (C=O) groups is 3. The van der Waals surface area contributed by atoms with Crippen molar-refractivity contribution in [1.29, 1.82) is 0 Å². The summed E-state index contributed by atoms with van der Waals surface area (Å²) in [5, 5.41) is 19.0. The number of aryl methyl sites for hydroxylation is 1. The van der Waals surface area contributed by atoms with E-state index in [1.165, 1.54) is 23.8 Å². The van der Waals surface area contributed by atoms with Gasteiger partial charge in [0.05, 0.1) is 11.8 Å². The van der Waals surface area contributed by atoms with Gasteiger partial charge in [0.15, 0.2) is 5.13 Å². The number of aromatic amines is 1. The van der Waals surface area contributed by atoms with Gasteiger partial charge in [-0.3, -0.25) is 14.5 Å². The van der Waals surface area contributed by atoms with Crippen LogP contribution in [0, 0.1) is 6.92 Å². The number of nitrogens with zero attached hydrogens (tertiary/aromatic N) is 5. The number of oxime groups is 1. The summed E-state index contributed by atoms with van der Waals surface area (Å²) in [6.45, 7) is 1.96. The Bertz CT molecular complexity index is 1460. The summed E-state index contributed by atoms with van der Waals surface area (Å²) in [5.74, 6) is -2.10. The molecule has 5 rings (SSSR count). The highest BCUT2D eigenvalue weighted by molar-refractivity contribution is 8.00. The number of hydrogen-bond acceptors (Lipinski definition) is 10. The zero-order chi connectivity index (χ0) is 25.6. The number of β-lactam (4-membered cyclic amide) rings is 1. The molecule has 2 atom stereocenters. The number of carboxylic acid groups (broad SMARTS) is 1. The number of hydrogen-bond donors (Lipinski definition) is 4. The summed E-state index contributed by atoms with van der Waals surface area (Å²) in [7, 11) is 1.26. The van der Waals surface area contributed by atoms with Crippen molar-refractivity contribution < 1.29 is 28.8 Å². The first-order chi connectivity index (χ1) is 17.3. The maximum atomic E-state index is 13.0. The highest BCUT2D eigenvalue weighted by Gasteiger charge is 2.54. The second kappa shape index (κ2) is 9.23. The molecule has 0 radical (unpaired) electrons. The number of carbonyl (C=O) groups excluding carboxylic acids is 2. The highest BCUT2D eigenvalue weighted by Crippen LogP contribution is 2.41. The summed E-state index contributed by atoms with van der Waals surface area (Å²) in [4.78, 5) is 48.0. The van der Waals surface area contributed by atoms with Crippen LogP contribution in [0.3, 0.4) is 0 Å². The average molecular weight is 530 g/mol. The number of nitrogens with two attached hydrogens (primary N) is 1. The SMILES string of the molecule is CO/N=C(\C(=O)N[C@@H]1C(=O)N2C(C(=O)O)=C(Cc3c[nH][n+]4c(C)cccc34)CS[C@H]12)c1nsc(N)n1. The Morgan fingerprint density at radius 1 is 1.44 bits per heavy atom. The van der Waals surface area contributed by atoms with Gasteiger partial charge in [-0.15, -0.1) is 11.8 Å². The van der Waals surface area contributed by atoms with Gasteiger partial charge >= 0.3 is 5.97 Å². The van der Waals surface area contributed by atoms with Gasteiger partial charge in [-0.05, 0) is 11.6 Å². The molecule has 0 spiro atoms. The molecule has 0 aromatic carbocycles. The minimum atomic E-state index is -1.19. The summed E-state index contributed by atoms with van der Waals surface area (Å²) >= 11 is 2.27. The Kier molecular flexibility index (Phi) is 6.09. The molecule has 3 aromatic rings. The lowest BCUT2D eigenvalue weighted by Gasteiger charge is -2.49. The molecule has 3 aromatic heterocycles. The number of nitrogen functional groups attached to an aromatic ring is 1. The van der Waals surface area contributed by atoms with Crippen LogP contribution < -0.4 is 15.6 Å². The number of anilines is 1. The van der Waals surface area contributed by atoms with Crippen molar-refractivity contribution in [3.8, 4) is 0 Å². The second-order valence-electron chi connectivity index (χ2n) is 8.06. The minimum absolute atomic E-state index is 0.0305. The van der Waals surface area contributed by atoms with Crippen molar-refractivity contribution in [2.45, 2.75) is 24.8 Å². The van der Waals surface area contributed by atoms with E-state index >= 15 is 0 Å². The Labute approximate surface area is 212 Å². The Balaban J connectivity index is 1.38. The predicted molar refractivity (Wildman–Crippen MR) is 130 cm³/mol. The summed E-state index contributed by atoms with van der Waals surface area (Å²) in [6, 6.07) is 4.90. The Hall–Kier alpha value is -3.98. The van der Waals surface area contributed by atoms with Gasteiger partial charge in [0.25, 0.3) is 11.8 Å². The topological polar surface area (TPSA) is 180 Å². The number of H-pyrrole nitrogens is 1. The second-order valence-corrected chi connectivity index (χ2v) is 9.95. The maximum absolute atomic E-state index is 13.0. The van der Waals surface area contributed by atoms with Crippen molar-refractivity contribution in [1.82, 2.24) is 24.7 Å². The Morgan fingerprint density at radius 3 is 2.94 bits per heavy atom. The van der Waals surface area contributed by atoms with Crippen LogP contribution in [0.2, 0.25) is 0 Å². The van der Waals surface area contributed by atoms with Gasteiger partial charge < -0.3 is 21.0 Å². The zero-order valence-corrected chi connectivity index (χ0v) is 20.7. The number of carboxylic acids is 1. The molecule has 186 valence electrons. The molecule has 36 heavy (non-hydrogen) atoms. The van der Waals surface area contributed by atoms with Crippen LogP contribution in [-0.2, 0) is 25.6 Å². The summed E-state index contributed by atoms with van der Waals surface area (Å²) in [6.07, 6.45) is 2.20. The molecule has 0 saturated carbocycles. The molecule has 2 aliphatic heterocycles. The van der Waals surface area contributed by atoms with E-state index in [4.69, 9.17) is 10.6 Å². The third-order valence-corrected chi connectivity index (χ3v) is 7.76. The lowest BCUT2D eigenvalue weighted by atomic mass is 9.99. The van der Waals surface area contributed by atoms with E-state index in [1.54, 1.807) is 0 Å². The van der Waals surface area contributed by atoms with Gasteiger partial charge in [-0.2, -0.15) is 14.5 Å². The van der Waals surface area contributed by atoms with Crippen LogP contribution in [0.25, 0.3) is 5.52 Å². The molecule has 0 unspecified atom stereocenters. The first-order valence-corrected chi connectivity index (χ1v) is 12.5. The van der Waals surface area contributed by atoms with E-state index in [-0.39, 0.29) is 22.4 Å². The lowest BCUT2D eigenvalue weighted by Crippen LogP contribution is -2.71. The van der Waals surface area contributed by atoms with Gasteiger partial charge in [-0.1, -0.05) is 9.67 Å². The lowest BCUT2D eigenvalue weighted by molar-refractivity contribution is -0.583. The van der Waals surface area contributed by atoms with Crippen LogP contribution in [0.4, 0.5) is 5.13 Å². The predicted octanol–water partition coefficient (Wildman–Crippen LogP) is -0.173. The first-order valence-electron chi connectivity index (χ1n) is 10.7. The molecule has 0 aliphatic carbocycles. The molecular weight excluding hydrogens is 508 g/mol. The van der Waals surface area contributed by atoms with Crippen LogP contribution >= 0.6 is 23.3 Å². The third-order valence-electron chi connectivity index (χ3n) is 5.87. The molecule has 2 aliphatic rings. The molecule has 5 heterocycles. The number of fused-ring (bicyclic) bond motifs is 2. The third kappa shape index (κ3) is 3.95. The number of nitrogens with one attached hydrogen (secondary N) is 2. The van der Waals surface area contributed by atoms with E-state index in [0.29, 0.717) is 17.7 Å². The quantitative estimate of drug-likeness (QED) is 0.140. The Morgan fingerprint density at radius 2 is 2.25 bits per heavy atom. The van der Waals surface area contributed by atoms with Crippen LogP contribution in [0.15, 0.2) is 40.8 Å². The van der Waals surface area contributed by atoms with Gasteiger partial charge in [-0.25, -0.2) is 4.79 Å². The fourth-order valence-corrected chi connectivity index (χ4v) is 6.04. The van der Waals surface area contributed by atoms with Gasteiger partial charge in [0, 0.05) is 42.8 Å². The smallest absolute Gasteiger partial charge is 0.352 e. The zero-order valence-electron chi connectivity index (χ0n) is 19.1. The van der Waals surface area contributed by atoms with E-state index in [0.717, 1.165) is 28.3 Å². The highest BCUT2D eigenvalue weighted by atomic mass is 32.2. The number of aliphatic carboxylic acids is 1. The van der Waals surface area contributed by atoms with Gasteiger partial charge in [0.1, 0.15) is 24.2 Å². The van der Waals surface area contributed by atoms with Crippen molar-refractivity contribution in [2.24, 2.45) is 5.16 Å². The number of thioether (sulfide) groups is 1. The number of rotatable bonds is 7. The number of amides is 2. The molecular formula is C21H21N8O5S2+. The monoisotopic (exact) mass is 529 g/mol. The average Bonchev–Trinajstić information content (AvgIpc) is 3.47. The fourth-order valence-electron chi connectivity index (χ4n) is 4.26. The molecule has 1 fully saturated rings. The fraction of sp³-hybridized carbons (Fsp3) is 0.286. The standard InChI is InChI=1S/C21H20N8O5S2/c1-9-4-3-5-12-10(7-23-29(9)12)6-11-8-35-19-14(18(31)28(19)15(11)20(32)33)24-17(30)13(26-34-2)16-25-21(22)36-27-16/h3-5,7,14,19H,6,8H2,1-2H3,(H4,22,24,25,27,30,32,33)/p+1/b26-13-/t14-,19-/m1/s1. The maximum Gasteiger partial charge on any atom is 0.352 e. The molecule has 2 amide bonds. The molecule has 1 saturated heterocycles. The molecule has 0 bridgehead atoms. The van der Waals surface area contributed by atoms with Gasteiger partial charge in [0.2, 0.25) is 22.7 Å². The van der Waals surface area contributed by atoms with E-state index in [2.05, 4.69) is 24.9 Å². The molecule has 13 nitrogen and oxygen atoms in total. The van der Waals surface area contributed by atoms with Crippen molar-refractivity contribution >= 4 is 57.4 Å². The number of pyridine rings is 1. The summed E-state index contributed by atoms with van der Waals surface area (Å²) < 4.78 is 5.88. The number of aromatic nitrogens is 4. The van der Waals surface area contributed by atoms with E-state index < -0.39 is 29.2 Å². The van der Waals surface area contributed by atoms with Crippen LogP contribution in [0.1, 0.15) is 17.1 Å². The van der Waals surface area contributed by atoms with Crippen LogP contribution in [-0.4, -0.2) is 72.2 Å². The molecule has 5 N–H and O–H groups in total. The molecule has 15 heteroatoms. The van der Waals surface area contributed by atoms with Crippen molar-refractivity contribution in [2.75, 3.05) is 18.6 Å². The normalized spacial score (nSPS) is 19.8. The van der Waals surface area contributed by atoms with E-state index in [1.807, 2.05) is 35.8 Å². The van der Waals surface area contributed by atoms with Crippen molar-refractivity contribution in [3.05, 3.63) is 52.7 Å². The first kappa shape index (κ1) is 23.7.